The zero-order valence-corrected chi connectivity index (χ0v) is 13.6. The summed E-state index contributed by atoms with van der Waals surface area (Å²) in [6.07, 6.45) is 2.40. The van der Waals surface area contributed by atoms with Gasteiger partial charge in [0.25, 0.3) is 0 Å². The van der Waals surface area contributed by atoms with Crippen LogP contribution >= 0.6 is 11.5 Å². The molecule has 1 fully saturated rings. The van der Waals surface area contributed by atoms with Gasteiger partial charge >= 0.3 is 0 Å². The summed E-state index contributed by atoms with van der Waals surface area (Å²) in [7, 11) is 1.70. The lowest BCUT2D eigenvalue weighted by Gasteiger charge is -2.31. The Morgan fingerprint density at radius 1 is 1.18 bits per heavy atom. The average molecular weight is 319 g/mol. The van der Waals surface area contributed by atoms with Gasteiger partial charge in [0.2, 0.25) is 5.13 Å². The molecule has 0 N–H and O–H groups in total. The molecule has 0 amide bonds. The van der Waals surface area contributed by atoms with Gasteiger partial charge in [-0.1, -0.05) is 30.3 Å². The third-order valence-electron chi connectivity index (χ3n) is 3.80. The highest BCUT2D eigenvalue weighted by atomic mass is 32.1. The topological polar surface area (TPSA) is 47.5 Å². The van der Waals surface area contributed by atoms with Crippen molar-refractivity contribution >= 4 is 16.7 Å². The molecule has 0 atom stereocenters. The fourth-order valence-corrected chi connectivity index (χ4v) is 3.30. The van der Waals surface area contributed by atoms with Crippen LogP contribution in [0.25, 0.3) is 11.4 Å². The van der Waals surface area contributed by atoms with Crippen molar-refractivity contribution in [3.05, 3.63) is 30.3 Å². The highest BCUT2D eigenvalue weighted by Crippen LogP contribution is 2.26. The van der Waals surface area contributed by atoms with Crippen LogP contribution in [0.15, 0.2) is 30.3 Å². The molecule has 3 rings (SSSR count). The Labute approximate surface area is 135 Å². The molecule has 1 aromatic carbocycles. The molecule has 0 radical (unpaired) electrons. The maximum absolute atomic E-state index is 5.80. The number of hydrogen-bond acceptors (Lipinski definition) is 6. The standard InChI is InChI=1S/C16H21N3O2S/c1-20-11-12-21-14-7-9-19(10-8-14)16-17-15(18-22-16)13-5-3-2-4-6-13/h2-6,14H,7-12H2,1H3. The molecule has 1 aromatic heterocycles. The van der Waals surface area contributed by atoms with E-state index in [9.17, 15) is 0 Å². The molecule has 2 aromatic rings. The normalized spacial score (nSPS) is 16.1. The lowest BCUT2D eigenvalue weighted by Crippen LogP contribution is -2.37. The minimum absolute atomic E-state index is 0.341. The Hall–Kier alpha value is -1.50. The third-order valence-corrected chi connectivity index (χ3v) is 4.58. The van der Waals surface area contributed by atoms with Crippen LogP contribution in [-0.4, -0.2) is 48.9 Å². The smallest absolute Gasteiger partial charge is 0.205 e. The molecule has 0 unspecified atom stereocenters. The largest absolute Gasteiger partial charge is 0.382 e. The number of piperidine rings is 1. The number of benzene rings is 1. The highest BCUT2D eigenvalue weighted by Gasteiger charge is 2.22. The first-order valence-corrected chi connectivity index (χ1v) is 8.39. The van der Waals surface area contributed by atoms with Crippen molar-refractivity contribution in [2.45, 2.75) is 18.9 Å². The molecular weight excluding hydrogens is 298 g/mol. The molecule has 2 heterocycles. The Morgan fingerprint density at radius 2 is 1.95 bits per heavy atom. The number of methoxy groups -OCH3 is 1. The number of hydrogen-bond donors (Lipinski definition) is 0. The van der Waals surface area contributed by atoms with E-state index in [0.29, 0.717) is 19.3 Å². The number of ether oxygens (including phenoxy) is 2. The second-order valence-corrected chi connectivity index (χ2v) is 6.05. The Bertz CT molecular complexity index is 568. The summed E-state index contributed by atoms with van der Waals surface area (Å²) in [6.45, 7) is 3.29. The predicted molar refractivity (Wildman–Crippen MR) is 88.4 cm³/mol. The molecule has 118 valence electrons. The van der Waals surface area contributed by atoms with Crippen LogP contribution in [0.4, 0.5) is 5.13 Å². The quantitative estimate of drug-likeness (QED) is 0.766. The van der Waals surface area contributed by atoms with E-state index in [1.807, 2.05) is 30.3 Å². The Morgan fingerprint density at radius 3 is 2.68 bits per heavy atom. The average Bonchev–Trinajstić information content (AvgIpc) is 3.07. The molecule has 0 bridgehead atoms. The van der Waals surface area contributed by atoms with Crippen LogP contribution in [-0.2, 0) is 9.47 Å². The maximum Gasteiger partial charge on any atom is 0.205 e. The van der Waals surface area contributed by atoms with Gasteiger partial charge in [-0.15, -0.1) is 0 Å². The van der Waals surface area contributed by atoms with Gasteiger partial charge in [0.05, 0.1) is 19.3 Å². The minimum Gasteiger partial charge on any atom is -0.382 e. The van der Waals surface area contributed by atoms with Crippen molar-refractivity contribution in [2.24, 2.45) is 0 Å². The van der Waals surface area contributed by atoms with Crippen LogP contribution < -0.4 is 4.90 Å². The van der Waals surface area contributed by atoms with Crippen LogP contribution in [0.1, 0.15) is 12.8 Å². The van der Waals surface area contributed by atoms with E-state index in [-0.39, 0.29) is 0 Å². The fourth-order valence-electron chi connectivity index (χ4n) is 2.56. The minimum atomic E-state index is 0.341. The van der Waals surface area contributed by atoms with Gasteiger partial charge in [0.1, 0.15) is 0 Å². The van der Waals surface area contributed by atoms with Crippen molar-refractivity contribution in [2.75, 3.05) is 38.3 Å². The molecule has 6 heteroatoms. The van der Waals surface area contributed by atoms with Crippen molar-refractivity contribution in [1.82, 2.24) is 9.36 Å². The molecule has 1 aliphatic rings. The summed E-state index contributed by atoms with van der Waals surface area (Å²) in [5.74, 6) is 0.819. The van der Waals surface area contributed by atoms with Crippen LogP contribution in [0.3, 0.4) is 0 Å². The van der Waals surface area contributed by atoms with E-state index in [2.05, 4.69) is 14.3 Å². The summed E-state index contributed by atoms with van der Waals surface area (Å²) in [6, 6.07) is 10.1. The van der Waals surface area contributed by atoms with E-state index in [4.69, 9.17) is 9.47 Å². The van der Waals surface area contributed by atoms with Gasteiger partial charge in [0, 0.05) is 37.3 Å². The second kappa shape index (κ2) is 7.67. The van der Waals surface area contributed by atoms with E-state index in [0.717, 1.165) is 42.5 Å². The third kappa shape index (κ3) is 3.82. The van der Waals surface area contributed by atoms with Gasteiger partial charge < -0.3 is 14.4 Å². The monoisotopic (exact) mass is 319 g/mol. The zero-order valence-electron chi connectivity index (χ0n) is 12.8. The van der Waals surface area contributed by atoms with Crippen molar-refractivity contribution in [1.29, 1.82) is 0 Å². The van der Waals surface area contributed by atoms with E-state index in [1.165, 1.54) is 11.5 Å². The molecule has 5 nitrogen and oxygen atoms in total. The van der Waals surface area contributed by atoms with Crippen LogP contribution in [0, 0.1) is 0 Å². The number of aromatic nitrogens is 2. The summed E-state index contributed by atoms with van der Waals surface area (Å²) in [5.41, 5.74) is 1.07. The Balaban J connectivity index is 1.55. The summed E-state index contributed by atoms with van der Waals surface area (Å²) < 4.78 is 15.3. The highest BCUT2D eigenvalue weighted by molar-refractivity contribution is 7.09. The number of rotatable bonds is 6. The lowest BCUT2D eigenvalue weighted by molar-refractivity contribution is 0.00610. The summed E-state index contributed by atoms with van der Waals surface area (Å²) in [5, 5.41) is 1.01. The lowest BCUT2D eigenvalue weighted by atomic mass is 10.1. The van der Waals surface area contributed by atoms with E-state index < -0.39 is 0 Å². The SMILES string of the molecule is COCCOC1CCN(c2nc(-c3ccccc3)ns2)CC1. The maximum atomic E-state index is 5.80. The van der Waals surface area contributed by atoms with Gasteiger partial charge in [-0.2, -0.15) is 9.36 Å². The van der Waals surface area contributed by atoms with Gasteiger partial charge in [0.15, 0.2) is 5.82 Å². The van der Waals surface area contributed by atoms with Crippen molar-refractivity contribution in [3.8, 4) is 11.4 Å². The second-order valence-electron chi connectivity index (χ2n) is 5.32. The van der Waals surface area contributed by atoms with Gasteiger partial charge in [-0.05, 0) is 12.8 Å². The van der Waals surface area contributed by atoms with Crippen molar-refractivity contribution in [3.63, 3.8) is 0 Å². The van der Waals surface area contributed by atoms with Gasteiger partial charge in [-0.25, -0.2) is 0 Å². The summed E-state index contributed by atoms with van der Waals surface area (Å²) >= 11 is 1.48. The number of nitrogens with zero attached hydrogens (tertiary/aromatic N) is 3. The zero-order chi connectivity index (χ0) is 15.2. The van der Waals surface area contributed by atoms with E-state index >= 15 is 0 Å². The molecule has 22 heavy (non-hydrogen) atoms. The molecule has 0 aliphatic carbocycles. The predicted octanol–water partition coefficient (Wildman–Crippen LogP) is 2.84. The van der Waals surface area contributed by atoms with Gasteiger partial charge in [-0.3, -0.25) is 0 Å². The first-order valence-electron chi connectivity index (χ1n) is 7.61. The first-order chi connectivity index (χ1) is 10.9. The molecule has 0 spiro atoms. The summed E-state index contributed by atoms with van der Waals surface area (Å²) in [4.78, 5) is 6.98. The molecule has 1 saturated heterocycles. The van der Waals surface area contributed by atoms with Crippen LogP contribution in [0.2, 0.25) is 0 Å². The van der Waals surface area contributed by atoms with Crippen LogP contribution in [0.5, 0.6) is 0 Å². The van der Waals surface area contributed by atoms with Crippen molar-refractivity contribution < 1.29 is 9.47 Å². The van der Waals surface area contributed by atoms with E-state index in [1.54, 1.807) is 7.11 Å². The molecule has 0 saturated carbocycles. The molecule has 1 aliphatic heterocycles. The fraction of sp³-hybridized carbons (Fsp3) is 0.500. The first kappa shape index (κ1) is 15.4. The Kier molecular flexibility index (Phi) is 5.37. The number of anilines is 1. The molecular formula is C16H21N3O2S.